The lowest BCUT2D eigenvalue weighted by Crippen LogP contribution is -2.35. The smallest absolute Gasteiger partial charge is 0.329 e. The molecular formula is C10H12ClN5O3. The summed E-state index contributed by atoms with van der Waals surface area (Å²) < 4.78 is 0. The van der Waals surface area contributed by atoms with Crippen molar-refractivity contribution in [2.75, 3.05) is 18.0 Å². The molecule has 1 aliphatic rings. The fourth-order valence-electron chi connectivity index (χ4n) is 2.07. The highest BCUT2D eigenvalue weighted by Gasteiger charge is 2.29. The van der Waals surface area contributed by atoms with E-state index in [4.69, 9.17) is 11.6 Å². The van der Waals surface area contributed by atoms with Crippen molar-refractivity contribution < 1.29 is 9.72 Å². The molecule has 19 heavy (non-hydrogen) atoms. The van der Waals surface area contributed by atoms with Crippen LogP contribution in [-0.2, 0) is 4.79 Å². The summed E-state index contributed by atoms with van der Waals surface area (Å²) in [5, 5.41) is 13.7. The second-order valence-electron chi connectivity index (χ2n) is 4.24. The first-order valence-corrected chi connectivity index (χ1v) is 6.04. The van der Waals surface area contributed by atoms with E-state index < -0.39 is 4.92 Å². The average Bonchev–Trinajstić information content (AvgIpc) is 2.75. The summed E-state index contributed by atoms with van der Waals surface area (Å²) in [6, 6.07) is -0.0363. The lowest BCUT2D eigenvalue weighted by atomic mass is 10.2. The van der Waals surface area contributed by atoms with Crippen LogP contribution in [0.1, 0.15) is 13.3 Å². The summed E-state index contributed by atoms with van der Waals surface area (Å²) in [6.07, 6.45) is 1.80. The quantitative estimate of drug-likeness (QED) is 0.500. The van der Waals surface area contributed by atoms with Crippen LogP contribution in [0.3, 0.4) is 0 Å². The van der Waals surface area contributed by atoms with Gasteiger partial charge in [0.2, 0.25) is 17.0 Å². The fourth-order valence-corrected chi connectivity index (χ4v) is 2.19. The third-order valence-corrected chi connectivity index (χ3v) is 2.99. The first-order chi connectivity index (χ1) is 8.97. The highest BCUT2D eigenvalue weighted by Crippen LogP contribution is 2.28. The van der Waals surface area contributed by atoms with Gasteiger partial charge in [-0.25, -0.2) is 4.98 Å². The van der Waals surface area contributed by atoms with E-state index in [0.29, 0.717) is 19.5 Å². The molecule has 1 fully saturated rings. The Hall–Kier alpha value is -1.96. The van der Waals surface area contributed by atoms with Crippen LogP contribution in [0.5, 0.6) is 0 Å². The molecule has 1 saturated heterocycles. The molecule has 1 amide bonds. The van der Waals surface area contributed by atoms with Gasteiger partial charge >= 0.3 is 5.69 Å². The highest BCUT2D eigenvalue weighted by atomic mass is 35.5. The predicted molar refractivity (Wildman–Crippen MR) is 68.1 cm³/mol. The minimum atomic E-state index is -0.544. The van der Waals surface area contributed by atoms with Crippen molar-refractivity contribution in [3.05, 3.63) is 21.6 Å². The number of carbonyl (C=O) groups excluding carboxylic acids is 1. The molecule has 8 nitrogen and oxygen atoms in total. The van der Waals surface area contributed by atoms with Crippen LogP contribution in [0.2, 0.25) is 5.28 Å². The average molecular weight is 286 g/mol. The van der Waals surface area contributed by atoms with Gasteiger partial charge in [-0.15, -0.1) is 0 Å². The molecule has 1 unspecified atom stereocenters. The molecule has 0 aromatic carbocycles. The van der Waals surface area contributed by atoms with E-state index in [1.54, 1.807) is 4.90 Å². The lowest BCUT2D eigenvalue weighted by molar-refractivity contribution is -0.384. The summed E-state index contributed by atoms with van der Waals surface area (Å²) in [7, 11) is 0. The maximum Gasteiger partial charge on any atom is 0.329 e. The van der Waals surface area contributed by atoms with Crippen LogP contribution in [0.25, 0.3) is 0 Å². The molecule has 0 radical (unpaired) electrons. The number of halogens is 1. The van der Waals surface area contributed by atoms with Crippen LogP contribution in [0, 0.1) is 10.1 Å². The molecule has 102 valence electrons. The molecule has 2 rings (SSSR count). The van der Waals surface area contributed by atoms with Crippen LogP contribution in [0.15, 0.2) is 6.20 Å². The SMILES string of the molecule is CC(=O)NC1CCN(c2nc(Cl)ncc2[N+](=O)[O-])C1. The maximum atomic E-state index is 11.0. The van der Waals surface area contributed by atoms with Gasteiger partial charge in [0, 0.05) is 26.1 Å². The second-order valence-corrected chi connectivity index (χ2v) is 4.58. The Balaban J connectivity index is 2.21. The number of rotatable bonds is 3. The minimum Gasteiger partial charge on any atom is -0.352 e. The number of amides is 1. The molecule has 1 aliphatic heterocycles. The zero-order valence-corrected chi connectivity index (χ0v) is 10.9. The number of aromatic nitrogens is 2. The number of nitro groups is 1. The largest absolute Gasteiger partial charge is 0.352 e. The molecular weight excluding hydrogens is 274 g/mol. The maximum absolute atomic E-state index is 11.0. The molecule has 2 heterocycles. The van der Waals surface area contributed by atoms with Gasteiger partial charge in [-0.3, -0.25) is 14.9 Å². The number of hydrogen-bond acceptors (Lipinski definition) is 6. The number of hydrogen-bond donors (Lipinski definition) is 1. The van der Waals surface area contributed by atoms with Gasteiger partial charge in [0.25, 0.3) is 0 Å². The van der Waals surface area contributed by atoms with E-state index in [0.717, 1.165) is 6.20 Å². The van der Waals surface area contributed by atoms with Crippen molar-refractivity contribution >= 4 is 29.0 Å². The van der Waals surface area contributed by atoms with Gasteiger partial charge in [-0.1, -0.05) is 0 Å². The third kappa shape index (κ3) is 3.08. The van der Waals surface area contributed by atoms with Gasteiger partial charge < -0.3 is 10.2 Å². The van der Waals surface area contributed by atoms with E-state index in [1.807, 2.05) is 0 Å². The van der Waals surface area contributed by atoms with Crippen molar-refractivity contribution in [3.8, 4) is 0 Å². The molecule has 0 aliphatic carbocycles. The van der Waals surface area contributed by atoms with E-state index >= 15 is 0 Å². The van der Waals surface area contributed by atoms with Crippen molar-refractivity contribution in [1.29, 1.82) is 0 Å². The Morgan fingerprint density at radius 1 is 1.68 bits per heavy atom. The van der Waals surface area contributed by atoms with Crippen LogP contribution in [0.4, 0.5) is 11.5 Å². The molecule has 1 aromatic rings. The summed E-state index contributed by atoms with van der Waals surface area (Å²) in [5.41, 5.74) is -0.187. The lowest BCUT2D eigenvalue weighted by Gasteiger charge is -2.17. The summed E-state index contributed by atoms with van der Waals surface area (Å²) in [6.45, 7) is 2.47. The van der Waals surface area contributed by atoms with E-state index in [-0.39, 0.29) is 28.7 Å². The molecule has 9 heteroatoms. The third-order valence-electron chi connectivity index (χ3n) is 2.81. The number of nitrogens with one attached hydrogen (secondary N) is 1. The predicted octanol–water partition coefficient (Wildman–Crippen LogP) is 0.753. The monoisotopic (exact) mass is 285 g/mol. The Labute approximate surface area is 113 Å². The molecule has 0 spiro atoms. The zero-order valence-electron chi connectivity index (χ0n) is 10.2. The van der Waals surface area contributed by atoms with Gasteiger partial charge in [0.05, 0.1) is 4.92 Å². The first-order valence-electron chi connectivity index (χ1n) is 5.66. The number of carbonyl (C=O) groups is 1. The van der Waals surface area contributed by atoms with E-state index in [2.05, 4.69) is 15.3 Å². The second kappa shape index (κ2) is 5.35. The molecule has 0 bridgehead atoms. The van der Waals surface area contributed by atoms with Crippen LogP contribution >= 0.6 is 11.6 Å². The Morgan fingerprint density at radius 2 is 2.42 bits per heavy atom. The topological polar surface area (TPSA) is 101 Å². The summed E-state index contributed by atoms with van der Waals surface area (Å²) in [5.74, 6) is 0.0694. The van der Waals surface area contributed by atoms with Gasteiger partial charge in [0.15, 0.2) is 0 Å². The molecule has 1 N–H and O–H groups in total. The normalized spacial score (nSPS) is 18.4. The number of anilines is 1. The zero-order chi connectivity index (χ0) is 14.0. The fraction of sp³-hybridized carbons (Fsp3) is 0.500. The van der Waals surface area contributed by atoms with Crippen molar-refractivity contribution in [1.82, 2.24) is 15.3 Å². The van der Waals surface area contributed by atoms with E-state index in [1.165, 1.54) is 6.92 Å². The highest BCUT2D eigenvalue weighted by molar-refractivity contribution is 6.28. The van der Waals surface area contributed by atoms with Crippen molar-refractivity contribution in [2.24, 2.45) is 0 Å². The summed E-state index contributed by atoms with van der Waals surface area (Å²) >= 11 is 5.68. The Morgan fingerprint density at radius 3 is 3.05 bits per heavy atom. The Bertz CT molecular complexity index is 524. The molecule has 0 saturated carbocycles. The van der Waals surface area contributed by atoms with Crippen molar-refractivity contribution in [3.63, 3.8) is 0 Å². The van der Waals surface area contributed by atoms with Crippen molar-refractivity contribution in [2.45, 2.75) is 19.4 Å². The van der Waals surface area contributed by atoms with Crippen LogP contribution < -0.4 is 10.2 Å². The van der Waals surface area contributed by atoms with Gasteiger partial charge in [0.1, 0.15) is 6.20 Å². The van der Waals surface area contributed by atoms with Crippen LogP contribution in [-0.4, -0.2) is 39.9 Å². The molecule has 1 aromatic heterocycles. The minimum absolute atomic E-state index is 0.0363. The molecule has 1 atom stereocenters. The first kappa shape index (κ1) is 13.5. The summed E-state index contributed by atoms with van der Waals surface area (Å²) in [4.78, 5) is 30.6. The van der Waals surface area contributed by atoms with E-state index in [9.17, 15) is 14.9 Å². The number of nitrogens with zero attached hydrogens (tertiary/aromatic N) is 4. The van der Waals surface area contributed by atoms with Gasteiger partial charge in [-0.2, -0.15) is 4.98 Å². The van der Waals surface area contributed by atoms with Gasteiger partial charge in [-0.05, 0) is 18.0 Å². The Kier molecular flexibility index (Phi) is 3.79. The standard InChI is InChI=1S/C10H12ClN5O3/c1-6(17)13-7-2-3-15(5-7)9-8(16(18)19)4-12-10(11)14-9/h4,7H,2-3,5H2,1H3,(H,13,17).